The van der Waals surface area contributed by atoms with Crippen molar-refractivity contribution in [3.8, 4) is 17.0 Å². The summed E-state index contributed by atoms with van der Waals surface area (Å²) in [6.07, 6.45) is 1.69. The number of hydrogen-bond donors (Lipinski definition) is 2. The van der Waals surface area contributed by atoms with Gasteiger partial charge in [0.1, 0.15) is 5.75 Å². The first-order valence-electron chi connectivity index (χ1n) is 11.0. The number of carboxylic acids is 1. The monoisotopic (exact) mass is 456 g/mol. The van der Waals surface area contributed by atoms with Crippen molar-refractivity contribution >= 4 is 22.4 Å². The number of ether oxygens (including phenoxy) is 1. The van der Waals surface area contributed by atoms with E-state index < -0.39 is 5.97 Å². The molecule has 6 heteroatoms. The summed E-state index contributed by atoms with van der Waals surface area (Å²) in [4.78, 5) is 17.1. The molecule has 2 N–H and O–H groups in total. The Morgan fingerprint density at radius 2 is 1.67 bits per heavy atom. The molecule has 0 bridgehead atoms. The smallest absolute Gasteiger partial charge is 0.341 e. The molecule has 0 spiro atoms. The van der Waals surface area contributed by atoms with E-state index in [1.165, 1.54) is 16.0 Å². The van der Waals surface area contributed by atoms with E-state index in [9.17, 15) is 4.79 Å². The van der Waals surface area contributed by atoms with E-state index >= 15 is 0 Å². The van der Waals surface area contributed by atoms with Crippen molar-refractivity contribution in [3.63, 3.8) is 0 Å². The number of anilines is 1. The zero-order valence-corrected chi connectivity index (χ0v) is 18.8. The third-order valence-corrected chi connectivity index (χ3v) is 6.97. The van der Waals surface area contributed by atoms with Crippen LogP contribution in [0.5, 0.6) is 5.75 Å². The summed E-state index contributed by atoms with van der Waals surface area (Å²) in [7, 11) is 0. The van der Waals surface area contributed by atoms with Gasteiger partial charge in [-0.25, -0.2) is 9.78 Å². The summed E-state index contributed by atoms with van der Waals surface area (Å²) >= 11 is 1.70. The highest BCUT2D eigenvalue weighted by Gasteiger charge is 2.24. The topological polar surface area (TPSA) is 71.5 Å². The molecule has 1 heterocycles. The molecule has 33 heavy (non-hydrogen) atoms. The van der Waals surface area contributed by atoms with Crippen molar-refractivity contribution in [2.24, 2.45) is 0 Å². The predicted molar refractivity (Wildman–Crippen MR) is 131 cm³/mol. The van der Waals surface area contributed by atoms with Crippen LogP contribution in [0.1, 0.15) is 27.5 Å². The molecule has 1 aromatic heterocycles. The first-order chi connectivity index (χ1) is 16.2. The van der Waals surface area contributed by atoms with Crippen molar-refractivity contribution in [1.29, 1.82) is 0 Å². The van der Waals surface area contributed by atoms with E-state index in [0.717, 1.165) is 41.3 Å². The van der Waals surface area contributed by atoms with Crippen molar-refractivity contribution < 1.29 is 14.6 Å². The number of benzene rings is 3. The summed E-state index contributed by atoms with van der Waals surface area (Å²) in [5.74, 6) is -0.122. The first-order valence-corrected chi connectivity index (χ1v) is 11.8. The van der Waals surface area contributed by atoms with Crippen LogP contribution < -0.4 is 10.1 Å². The summed E-state index contributed by atoms with van der Waals surface area (Å²) in [6.45, 7) is 0.405. The van der Waals surface area contributed by atoms with Crippen LogP contribution in [0.15, 0.2) is 78.9 Å². The van der Waals surface area contributed by atoms with Crippen molar-refractivity contribution in [2.45, 2.75) is 18.8 Å². The van der Waals surface area contributed by atoms with Gasteiger partial charge in [0.2, 0.25) is 0 Å². The maximum Gasteiger partial charge on any atom is 0.341 e. The van der Waals surface area contributed by atoms with Crippen LogP contribution in [0, 0.1) is 0 Å². The van der Waals surface area contributed by atoms with E-state index in [4.69, 9.17) is 14.8 Å². The molecule has 0 atom stereocenters. The molecule has 0 amide bonds. The van der Waals surface area contributed by atoms with Gasteiger partial charge in [0, 0.05) is 28.5 Å². The van der Waals surface area contributed by atoms with Crippen LogP contribution in [0.2, 0.25) is 0 Å². The Morgan fingerprint density at radius 3 is 2.33 bits per heavy atom. The van der Waals surface area contributed by atoms with Crippen LogP contribution in [0.4, 0.5) is 5.13 Å². The van der Waals surface area contributed by atoms with E-state index in [-0.39, 0.29) is 12.5 Å². The number of nitrogens with zero attached hydrogens (tertiary/aromatic N) is 1. The molecule has 1 aliphatic carbocycles. The molecule has 3 aromatic carbocycles. The number of thiazole rings is 1. The lowest BCUT2D eigenvalue weighted by atomic mass is 9.91. The normalized spacial score (nSPS) is 12.2. The fraction of sp³-hybridized carbons (Fsp3) is 0.185. The van der Waals surface area contributed by atoms with Gasteiger partial charge < -0.3 is 15.2 Å². The fourth-order valence-corrected chi connectivity index (χ4v) is 5.34. The van der Waals surface area contributed by atoms with E-state index in [2.05, 4.69) is 53.8 Å². The van der Waals surface area contributed by atoms with Crippen molar-refractivity contribution in [2.75, 3.05) is 18.5 Å². The van der Waals surface area contributed by atoms with Gasteiger partial charge in [-0.15, -0.1) is 11.3 Å². The average molecular weight is 457 g/mol. The minimum absolute atomic E-state index is 0.219. The Labute approximate surface area is 196 Å². The summed E-state index contributed by atoms with van der Waals surface area (Å²) in [5.41, 5.74) is 5.58. The van der Waals surface area contributed by atoms with Gasteiger partial charge in [-0.05, 0) is 30.0 Å². The predicted octanol–water partition coefficient (Wildman–Crippen LogP) is 5.62. The standard InChI is InChI=1S/C27H24N2O3S/c30-25(31)17-32-23-13-7-12-21-20(23)14-15-24-26(21)29-27(33-24)28-16-22(18-8-3-1-4-9-18)19-10-5-2-6-11-19/h1-13,22H,14-17H2,(H,28,29)(H,30,31). The van der Waals surface area contributed by atoms with Crippen LogP contribution in [0.25, 0.3) is 11.3 Å². The second kappa shape index (κ2) is 9.46. The third-order valence-electron chi connectivity index (χ3n) is 5.90. The lowest BCUT2D eigenvalue weighted by molar-refractivity contribution is -0.139. The van der Waals surface area contributed by atoms with Gasteiger partial charge in [-0.1, -0.05) is 72.8 Å². The number of carboxylic acid groups (broad SMARTS) is 1. The molecule has 166 valence electrons. The third kappa shape index (κ3) is 4.61. The molecule has 1 aliphatic rings. The largest absolute Gasteiger partial charge is 0.482 e. The van der Waals surface area contributed by atoms with Gasteiger partial charge in [0.05, 0.1) is 5.69 Å². The Bertz CT molecular complexity index is 1220. The number of nitrogens with one attached hydrogen (secondary N) is 1. The van der Waals surface area contributed by atoms with Crippen LogP contribution in [-0.2, 0) is 17.6 Å². The second-order valence-electron chi connectivity index (χ2n) is 8.01. The molecular formula is C27H24N2O3S. The van der Waals surface area contributed by atoms with E-state index in [0.29, 0.717) is 5.75 Å². The number of fused-ring (bicyclic) bond motifs is 3. The lowest BCUT2D eigenvalue weighted by Crippen LogP contribution is -2.14. The maximum absolute atomic E-state index is 10.9. The maximum atomic E-state index is 10.9. The van der Waals surface area contributed by atoms with Crippen molar-refractivity contribution in [1.82, 2.24) is 4.98 Å². The van der Waals surface area contributed by atoms with E-state index in [1.54, 1.807) is 11.3 Å². The number of hydrogen-bond acceptors (Lipinski definition) is 5. The van der Waals surface area contributed by atoms with Gasteiger partial charge >= 0.3 is 5.97 Å². The Balaban J connectivity index is 1.39. The summed E-state index contributed by atoms with van der Waals surface area (Å²) in [5, 5.41) is 13.5. The quantitative estimate of drug-likeness (QED) is 0.360. The zero-order chi connectivity index (χ0) is 22.6. The summed E-state index contributed by atoms with van der Waals surface area (Å²) < 4.78 is 5.53. The zero-order valence-electron chi connectivity index (χ0n) is 18.0. The van der Waals surface area contributed by atoms with Gasteiger partial charge in [0.15, 0.2) is 11.7 Å². The minimum Gasteiger partial charge on any atom is -0.482 e. The molecule has 0 fully saturated rings. The molecule has 0 unspecified atom stereocenters. The summed E-state index contributed by atoms with van der Waals surface area (Å²) in [6, 6.07) is 26.8. The number of carbonyl (C=O) groups is 1. The SMILES string of the molecule is O=C(O)COc1cccc2c1CCc1sc(NCC(c3ccccc3)c3ccccc3)nc1-2. The molecule has 5 rings (SSSR count). The highest BCUT2D eigenvalue weighted by atomic mass is 32.1. The molecule has 0 aliphatic heterocycles. The number of aliphatic carboxylic acids is 1. The lowest BCUT2D eigenvalue weighted by Gasteiger charge is -2.18. The van der Waals surface area contributed by atoms with Gasteiger partial charge in [0.25, 0.3) is 0 Å². The fourth-order valence-electron chi connectivity index (χ4n) is 4.35. The Morgan fingerprint density at radius 1 is 0.970 bits per heavy atom. The van der Waals surface area contributed by atoms with Crippen LogP contribution >= 0.6 is 11.3 Å². The first kappa shape index (κ1) is 21.2. The van der Waals surface area contributed by atoms with Gasteiger partial charge in [-0.2, -0.15) is 0 Å². The highest BCUT2D eigenvalue weighted by Crippen LogP contribution is 2.41. The molecule has 0 saturated carbocycles. The minimum atomic E-state index is -0.976. The Hall–Kier alpha value is -3.64. The molecular weight excluding hydrogens is 432 g/mol. The molecule has 5 nitrogen and oxygen atoms in total. The van der Waals surface area contributed by atoms with Crippen LogP contribution in [0.3, 0.4) is 0 Å². The Kier molecular flexibility index (Phi) is 6.09. The molecule has 0 radical (unpaired) electrons. The van der Waals surface area contributed by atoms with Crippen LogP contribution in [-0.4, -0.2) is 29.2 Å². The number of aryl methyl sites for hydroxylation is 1. The molecule has 4 aromatic rings. The molecule has 0 saturated heterocycles. The number of aromatic nitrogens is 1. The van der Waals surface area contributed by atoms with Gasteiger partial charge in [-0.3, -0.25) is 0 Å². The highest BCUT2D eigenvalue weighted by molar-refractivity contribution is 7.16. The van der Waals surface area contributed by atoms with E-state index in [1.807, 2.05) is 30.3 Å². The average Bonchev–Trinajstić information content (AvgIpc) is 3.28. The number of rotatable bonds is 8. The van der Waals surface area contributed by atoms with Crippen molar-refractivity contribution in [3.05, 3.63) is 100 Å². The second-order valence-corrected chi connectivity index (χ2v) is 9.09.